The third-order valence-electron chi connectivity index (χ3n) is 2.83. The second-order valence-electron chi connectivity index (χ2n) is 4.43. The second kappa shape index (κ2) is 4.83. The summed E-state index contributed by atoms with van der Waals surface area (Å²) in [5.74, 6) is 0. The lowest BCUT2D eigenvalue weighted by molar-refractivity contribution is 1.32. The molecule has 0 nitrogen and oxygen atoms in total. The van der Waals surface area contributed by atoms with E-state index in [0.29, 0.717) is 0 Å². The van der Waals surface area contributed by atoms with E-state index in [4.69, 9.17) is 11.6 Å². The Kier molecular flexibility index (Phi) is 3.60. The van der Waals surface area contributed by atoms with Crippen molar-refractivity contribution in [3.05, 3.63) is 56.5 Å². The maximum absolute atomic E-state index is 6.11. The summed E-state index contributed by atoms with van der Waals surface area (Å²) in [6.45, 7) is 6.41. The lowest BCUT2D eigenvalue weighted by Gasteiger charge is -2.12. The van der Waals surface area contributed by atoms with Crippen LogP contribution in [0.3, 0.4) is 0 Å². The van der Waals surface area contributed by atoms with Crippen LogP contribution in [0, 0.1) is 20.8 Å². The molecule has 0 aliphatic rings. The highest BCUT2D eigenvalue weighted by molar-refractivity contribution is 9.10. The first-order valence-corrected chi connectivity index (χ1v) is 6.69. The van der Waals surface area contributed by atoms with Crippen molar-refractivity contribution in [1.29, 1.82) is 0 Å². The molecule has 0 N–H and O–H groups in total. The molecule has 17 heavy (non-hydrogen) atoms. The maximum atomic E-state index is 6.11. The first kappa shape index (κ1) is 12.7. The zero-order valence-corrected chi connectivity index (χ0v) is 12.5. The summed E-state index contributed by atoms with van der Waals surface area (Å²) in [6, 6.07) is 10.4. The van der Waals surface area contributed by atoms with Crippen molar-refractivity contribution in [3.8, 4) is 11.1 Å². The topological polar surface area (TPSA) is 0 Å². The maximum Gasteiger partial charge on any atom is 0.0423 e. The van der Waals surface area contributed by atoms with Crippen molar-refractivity contribution in [2.45, 2.75) is 20.8 Å². The summed E-state index contributed by atoms with van der Waals surface area (Å²) >= 11 is 9.60. The van der Waals surface area contributed by atoms with E-state index in [1.165, 1.54) is 27.8 Å². The van der Waals surface area contributed by atoms with E-state index < -0.39 is 0 Å². The molecule has 2 aromatic carbocycles. The van der Waals surface area contributed by atoms with Crippen LogP contribution in [0.1, 0.15) is 16.7 Å². The minimum Gasteiger partial charge on any atom is -0.0843 e. The summed E-state index contributed by atoms with van der Waals surface area (Å²) in [4.78, 5) is 0. The zero-order chi connectivity index (χ0) is 12.6. The Balaban J connectivity index is 2.68. The Labute approximate surface area is 116 Å². The van der Waals surface area contributed by atoms with Crippen molar-refractivity contribution < 1.29 is 0 Å². The normalized spacial score (nSPS) is 10.6. The van der Waals surface area contributed by atoms with Gasteiger partial charge in [0.05, 0.1) is 0 Å². The van der Waals surface area contributed by atoms with Crippen LogP contribution in [0.15, 0.2) is 34.8 Å². The number of hydrogen-bond donors (Lipinski definition) is 0. The molecule has 0 amide bonds. The van der Waals surface area contributed by atoms with E-state index >= 15 is 0 Å². The molecule has 0 spiro atoms. The molecule has 0 unspecified atom stereocenters. The van der Waals surface area contributed by atoms with Crippen molar-refractivity contribution in [3.63, 3.8) is 0 Å². The number of halogens is 2. The molecule has 2 aromatic rings. The summed E-state index contributed by atoms with van der Waals surface area (Å²) in [7, 11) is 0. The molecule has 2 heteroatoms. The third-order valence-corrected chi connectivity index (χ3v) is 3.50. The van der Waals surface area contributed by atoms with E-state index in [1.54, 1.807) is 0 Å². The van der Waals surface area contributed by atoms with E-state index in [-0.39, 0.29) is 0 Å². The van der Waals surface area contributed by atoms with Crippen molar-refractivity contribution in [2.24, 2.45) is 0 Å². The smallest absolute Gasteiger partial charge is 0.0423 e. The first-order chi connectivity index (χ1) is 7.97. The quantitative estimate of drug-likeness (QED) is 0.634. The van der Waals surface area contributed by atoms with Crippen molar-refractivity contribution in [1.82, 2.24) is 0 Å². The molecule has 0 fully saturated rings. The van der Waals surface area contributed by atoms with Crippen molar-refractivity contribution in [2.75, 3.05) is 0 Å². The fourth-order valence-electron chi connectivity index (χ4n) is 2.33. The predicted molar refractivity (Wildman–Crippen MR) is 78.8 cm³/mol. The lowest BCUT2D eigenvalue weighted by Crippen LogP contribution is -1.90. The van der Waals surface area contributed by atoms with Gasteiger partial charge in [-0.1, -0.05) is 45.2 Å². The van der Waals surface area contributed by atoms with Gasteiger partial charge in [-0.05, 0) is 61.2 Å². The predicted octanol–water partition coefficient (Wildman–Crippen LogP) is 5.69. The van der Waals surface area contributed by atoms with E-state index in [0.717, 1.165) is 9.50 Å². The van der Waals surface area contributed by atoms with E-state index in [1.807, 2.05) is 12.1 Å². The number of aryl methyl sites for hydroxylation is 3. The van der Waals surface area contributed by atoms with Crippen LogP contribution in [-0.2, 0) is 0 Å². The lowest BCUT2D eigenvalue weighted by atomic mass is 9.94. The average Bonchev–Trinajstić information content (AvgIpc) is 2.13. The highest BCUT2D eigenvalue weighted by Gasteiger charge is 2.08. The number of hydrogen-bond acceptors (Lipinski definition) is 0. The molecule has 0 aromatic heterocycles. The highest BCUT2D eigenvalue weighted by Crippen LogP contribution is 2.32. The van der Waals surface area contributed by atoms with Gasteiger partial charge in [0.2, 0.25) is 0 Å². The summed E-state index contributed by atoms with van der Waals surface area (Å²) in [5, 5.41) is 0.758. The minimum atomic E-state index is 0.758. The Morgan fingerprint density at radius 2 is 1.47 bits per heavy atom. The fraction of sp³-hybridized carbons (Fsp3) is 0.200. The first-order valence-electron chi connectivity index (χ1n) is 5.51. The Hall–Kier alpha value is -0.790. The van der Waals surface area contributed by atoms with Crippen LogP contribution in [-0.4, -0.2) is 0 Å². The standard InChI is InChI=1S/C15H14BrCl/c1-9-4-10(2)15(11(3)5-9)12-6-13(16)8-14(17)7-12/h4-8H,1-3H3. The van der Waals surface area contributed by atoms with Crippen LogP contribution in [0.5, 0.6) is 0 Å². The highest BCUT2D eigenvalue weighted by atomic mass is 79.9. The van der Waals surface area contributed by atoms with E-state index in [2.05, 4.69) is 54.9 Å². The SMILES string of the molecule is Cc1cc(C)c(-c2cc(Cl)cc(Br)c2)c(C)c1. The van der Waals surface area contributed by atoms with Crippen LogP contribution < -0.4 is 0 Å². The zero-order valence-electron chi connectivity index (χ0n) is 10.1. The van der Waals surface area contributed by atoms with Gasteiger partial charge < -0.3 is 0 Å². The second-order valence-corrected chi connectivity index (χ2v) is 5.78. The molecule has 0 heterocycles. The monoisotopic (exact) mass is 308 g/mol. The van der Waals surface area contributed by atoms with E-state index in [9.17, 15) is 0 Å². The number of rotatable bonds is 1. The Morgan fingerprint density at radius 1 is 0.882 bits per heavy atom. The van der Waals surface area contributed by atoms with Gasteiger partial charge >= 0.3 is 0 Å². The Bertz CT molecular complexity index is 530. The fourth-order valence-corrected chi connectivity index (χ4v) is 3.19. The molecule has 0 atom stereocenters. The molecule has 0 aliphatic heterocycles. The average molecular weight is 310 g/mol. The molecular weight excluding hydrogens is 296 g/mol. The van der Waals surface area contributed by atoms with Gasteiger partial charge in [0.25, 0.3) is 0 Å². The van der Waals surface area contributed by atoms with Gasteiger partial charge in [-0.15, -0.1) is 0 Å². The molecule has 2 rings (SSSR count). The molecule has 0 saturated carbocycles. The van der Waals surface area contributed by atoms with Gasteiger partial charge in [0.15, 0.2) is 0 Å². The largest absolute Gasteiger partial charge is 0.0843 e. The third kappa shape index (κ3) is 2.72. The number of benzene rings is 2. The summed E-state index contributed by atoms with van der Waals surface area (Å²) in [5.41, 5.74) is 6.32. The van der Waals surface area contributed by atoms with Crippen LogP contribution in [0.2, 0.25) is 5.02 Å². The van der Waals surface area contributed by atoms with Gasteiger partial charge in [-0.25, -0.2) is 0 Å². The molecule has 0 bridgehead atoms. The van der Waals surface area contributed by atoms with Gasteiger partial charge in [0.1, 0.15) is 0 Å². The molecule has 0 aliphatic carbocycles. The van der Waals surface area contributed by atoms with Gasteiger partial charge in [-0.3, -0.25) is 0 Å². The van der Waals surface area contributed by atoms with Crippen LogP contribution in [0.4, 0.5) is 0 Å². The van der Waals surface area contributed by atoms with Crippen LogP contribution in [0.25, 0.3) is 11.1 Å². The molecule has 0 radical (unpaired) electrons. The van der Waals surface area contributed by atoms with Gasteiger partial charge in [-0.2, -0.15) is 0 Å². The van der Waals surface area contributed by atoms with Crippen LogP contribution >= 0.6 is 27.5 Å². The molecular formula is C15H14BrCl. The minimum absolute atomic E-state index is 0.758. The van der Waals surface area contributed by atoms with Crippen molar-refractivity contribution >= 4 is 27.5 Å². The van der Waals surface area contributed by atoms with Gasteiger partial charge in [0, 0.05) is 9.50 Å². The summed E-state index contributed by atoms with van der Waals surface area (Å²) in [6.07, 6.45) is 0. The summed E-state index contributed by atoms with van der Waals surface area (Å²) < 4.78 is 1.01. The Morgan fingerprint density at radius 3 is 2.00 bits per heavy atom. The molecule has 88 valence electrons. The molecule has 0 saturated heterocycles.